The summed E-state index contributed by atoms with van der Waals surface area (Å²) in [4.78, 5) is 11.5. The summed E-state index contributed by atoms with van der Waals surface area (Å²) in [5.74, 6) is 1.08. The summed E-state index contributed by atoms with van der Waals surface area (Å²) in [5, 5.41) is 3.74. The third-order valence-corrected chi connectivity index (χ3v) is 4.34. The molecule has 0 fully saturated rings. The number of rotatable bonds is 9. The third kappa shape index (κ3) is 5.98. The molecule has 1 N–H and O–H groups in total. The summed E-state index contributed by atoms with van der Waals surface area (Å²) < 4.78 is 10.2. The van der Waals surface area contributed by atoms with Crippen LogP contribution in [-0.4, -0.2) is 37.2 Å². The minimum absolute atomic E-state index is 0.153. The molecule has 2 atom stereocenters. The van der Waals surface area contributed by atoms with Gasteiger partial charge in [0, 0.05) is 11.3 Å². The van der Waals surface area contributed by atoms with E-state index in [0.29, 0.717) is 12.4 Å². The van der Waals surface area contributed by atoms with Crippen LogP contribution in [0.5, 0.6) is 5.75 Å². The van der Waals surface area contributed by atoms with Crippen molar-refractivity contribution in [2.24, 2.45) is 0 Å². The van der Waals surface area contributed by atoms with Crippen LogP contribution in [0, 0.1) is 0 Å². The molecule has 4 nitrogen and oxygen atoms in total. The lowest BCUT2D eigenvalue weighted by Crippen LogP contribution is -2.29. The molecule has 0 saturated carbocycles. The Morgan fingerprint density at radius 2 is 1.95 bits per heavy atom. The molecule has 1 aromatic rings. The average molecular weight is 311 g/mol. The number of hydrogen-bond acceptors (Lipinski definition) is 5. The maximum Gasteiger partial charge on any atom is 0.315 e. The topological polar surface area (TPSA) is 47.6 Å². The van der Waals surface area contributed by atoms with E-state index < -0.39 is 0 Å². The van der Waals surface area contributed by atoms with Crippen molar-refractivity contribution >= 4 is 17.7 Å². The number of methoxy groups -OCH3 is 1. The van der Waals surface area contributed by atoms with Crippen LogP contribution in [0.4, 0.5) is 0 Å². The average Bonchev–Trinajstić information content (AvgIpc) is 2.51. The highest BCUT2D eigenvalue weighted by Gasteiger charge is 2.20. The van der Waals surface area contributed by atoms with Gasteiger partial charge in [-0.3, -0.25) is 4.79 Å². The van der Waals surface area contributed by atoms with E-state index in [1.807, 2.05) is 19.1 Å². The smallest absolute Gasteiger partial charge is 0.315 e. The monoisotopic (exact) mass is 311 g/mol. The first-order valence-corrected chi connectivity index (χ1v) is 8.31. The summed E-state index contributed by atoms with van der Waals surface area (Å²) in [6.45, 7) is 7.34. The molecule has 21 heavy (non-hydrogen) atoms. The first-order valence-electron chi connectivity index (χ1n) is 7.26. The van der Waals surface area contributed by atoms with Crippen molar-refractivity contribution in [1.82, 2.24) is 5.32 Å². The second kappa shape index (κ2) is 9.68. The number of carbonyl (C=O) groups is 1. The maximum atomic E-state index is 11.5. The molecule has 0 saturated heterocycles. The molecule has 0 bridgehead atoms. The van der Waals surface area contributed by atoms with E-state index in [-0.39, 0.29) is 17.3 Å². The molecular weight excluding hydrogens is 286 g/mol. The zero-order valence-corrected chi connectivity index (χ0v) is 14.0. The highest BCUT2D eigenvalue weighted by molar-refractivity contribution is 8.00. The zero-order valence-electron chi connectivity index (χ0n) is 13.2. The van der Waals surface area contributed by atoms with E-state index >= 15 is 0 Å². The summed E-state index contributed by atoms with van der Waals surface area (Å²) >= 11 is 1.61. The van der Waals surface area contributed by atoms with Crippen molar-refractivity contribution in [3.8, 4) is 5.75 Å². The molecule has 0 aliphatic heterocycles. The van der Waals surface area contributed by atoms with Crippen molar-refractivity contribution in [2.45, 2.75) is 32.1 Å². The number of benzene rings is 1. The summed E-state index contributed by atoms with van der Waals surface area (Å²) in [7, 11) is 1.66. The van der Waals surface area contributed by atoms with Crippen molar-refractivity contribution in [3.05, 3.63) is 29.8 Å². The molecule has 118 valence electrons. The van der Waals surface area contributed by atoms with Crippen molar-refractivity contribution < 1.29 is 14.3 Å². The van der Waals surface area contributed by atoms with Crippen molar-refractivity contribution in [2.75, 3.05) is 26.0 Å². The van der Waals surface area contributed by atoms with E-state index in [4.69, 9.17) is 9.47 Å². The second-order valence-corrected chi connectivity index (χ2v) is 6.00. The largest absolute Gasteiger partial charge is 0.497 e. The van der Waals surface area contributed by atoms with E-state index in [2.05, 4.69) is 31.3 Å². The van der Waals surface area contributed by atoms with Gasteiger partial charge in [0.2, 0.25) is 0 Å². The molecule has 0 amide bonds. The van der Waals surface area contributed by atoms with Gasteiger partial charge in [0.15, 0.2) is 0 Å². The molecule has 5 heteroatoms. The molecule has 0 heterocycles. The zero-order chi connectivity index (χ0) is 15.7. The molecule has 0 aliphatic rings. The lowest BCUT2D eigenvalue weighted by molar-refractivity contribution is -0.139. The Balaban J connectivity index is 2.67. The van der Waals surface area contributed by atoms with Gasteiger partial charge in [-0.1, -0.05) is 26.0 Å². The minimum atomic E-state index is -0.153. The Morgan fingerprint density at radius 3 is 2.48 bits per heavy atom. The highest BCUT2D eigenvalue weighted by atomic mass is 32.2. The number of carbonyl (C=O) groups excluding carboxylic acids is 1. The van der Waals surface area contributed by atoms with Gasteiger partial charge in [0.1, 0.15) is 5.75 Å². The van der Waals surface area contributed by atoms with Crippen LogP contribution < -0.4 is 10.1 Å². The van der Waals surface area contributed by atoms with Crippen LogP contribution in [0.15, 0.2) is 24.3 Å². The Bertz CT molecular complexity index is 422. The molecule has 0 aromatic heterocycles. The number of nitrogens with one attached hydrogen (secondary N) is 1. The van der Waals surface area contributed by atoms with Crippen LogP contribution in [0.3, 0.4) is 0 Å². The third-order valence-electron chi connectivity index (χ3n) is 3.14. The first kappa shape index (κ1) is 17.9. The number of thioether (sulfide) groups is 1. The van der Waals surface area contributed by atoms with E-state index in [1.165, 1.54) is 5.56 Å². The van der Waals surface area contributed by atoms with E-state index in [1.54, 1.807) is 18.9 Å². The van der Waals surface area contributed by atoms with Crippen LogP contribution in [0.2, 0.25) is 0 Å². The lowest BCUT2D eigenvalue weighted by atomic mass is 10.0. The van der Waals surface area contributed by atoms with E-state index in [0.717, 1.165) is 12.3 Å². The fraction of sp³-hybridized carbons (Fsp3) is 0.562. The highest BCUT2D eigenvalue weighted by Crippen LogP contribution is 2.27. The summed E-state index contributed by atoms with van der Waals surface area (Å²) in [5.41, 5.74) is 1.20. The Labute approximate surface area is 131 Å². The van der Waals surface area contributed by atoms with Crippen LogP contribution in [-0.2, 0) is 9.53 Å². The maximum absolute atomic E-state index is 11.5. The summed E-state index contributed by atoms with van der Waals surface area (Å²) in [6.07, 6.45) is 0. The molecule has 1 rings (SSSR count). The standard InChI is InChI=1S/C16H25NO3S/c1-5-17-16(12(3)21-11-15(18)20-6-2)13-7-9-14(19-4)10-8-13/h7-10,12,16-17H,5-6,11H2,1-4H3. The number of hydrogen-bond donors (Lipinski definition) is 1. The van der Waals surface area contributed by atoms with Gasteiger partial charge in [-0.25, -0.2) is 0 Å². The SMILES string of the molecule is CCNC(c1ccc(OC)cc1)C(C)SCC(=O)OCC. The Morgan fingerprint density at radius 1 is 1.29 bits per heavy atom. The lowest BCUT2D eigenvalue weighted by Gasteiger charge is -2.25. The fourth-order valence-corrected chi connectivity index (χ4v) is 3.01. The summed E-state index contributed by atoms with van der Waals surface area (Å²) in [6, 6.07) is 8.24. The van der Waals surface area contributed by atoms with Gasteiger partial charge in [-0.2, -0.15) is 0 Å². The van der Waals surface area contributed by atoms with Crippen LogP contribution >= 0.6 is 11.8 Å². The quantitative estimate of drug-likeness (QED) is 0.710. The predicted molar refractivity (Wildman–Crippen MR) is 88.0 cm³/mol. The minimum Gasteiger partial charge on any atom is -0.497 e. The fourth-order valence-electron chi connectivity index (χ4n) is 2.08. The van der Waals surface area contributed by atoms with Gasteiger partial charge in [-0.15, -0.1) is 11.8 Å². The van der Waals surface area contributed by atoms with E-state index in [9.17, 15) is 4.79 Å². The van der Waals surface area contributed by atoms with Gasteiger partial charge >= 0.3 is 5.97 Å². The van der Waals surface area contributed by atoms with Crippen LogP contribution in [0.25, 0.3) is 0 Å². The molecule has 1 aromatic carbocycles. The number of ether oxygens (including phenoxy) is 2. The molecule has 0 aliphatic carbocycles. The molecule has 2 unspecified atom stereocenters. The predicted octanol–water partition coefficient (Wildman–Crippen LogP) is 3.03. The van der Waals surface area contributed by atoms with Gasteiger partial charge in [-0.05, 0) is 31.2 Å². The van der Waals surface area contributed by atoms with Crippen molar-refractivity contribution in [3.63, 3.8) is 0 Å². The number of esters is 1. The van der Waals surface area contributed by atoms with Crippen LogP contribution in [0.1, 0.15) is 32.4 Å². The van der Waals surface area contributed by atoms with Crippen molar-refractivity contribution in [1.29, 1.82) is 0 Å². The molecular formula is C16H25NO3S. The molecule has 0 radical (unpaired) electrons. The normalized spacial score (nSPS) is 13.5. The van der Waals surface area contributed by atoms with Gasteiger partial charge in [0.05, 0.1) is 19.5 Å². The van der Waals surface area contributed by atoms with Gasteiger partial charge in [0.25, 0.3) is 0 Å². The molecule has 0 spiro atoms. The second-order valence-electron chi connectivity index (χ2n) is 4.63. The first-order chi connectivity index (χ1) is 10.1. The Hall–Kier alpha value is -1.20. The Kier molecular flexibility index (Phi) is 8.23. The van der Waals surface area contributed by atoms with Gasteiger partial charge < -0.3 is 14.8 Å².